The highest BCUT2D eigenvalue weighted by molar-refractivity contribution is 5.70. The molecule has 0 aliphatic rings. The van der Waals surface area contributed by atoms with Crippen molar-refractivity contribution in [3.63, 3.8) is 0 Å². The quantitative estimate of drug-likeness (QED) is 0.399. The van der Waals surface area contributed by atoms with Gasteiger partial charge in [-0.05, 0) is 18.4 Å². The molecule has 0 bridgehead atoms. The van der Waals surface area contributed by atoms with Crippen LogP contribution in [0.2, 0.25) is 0 Å². The van der Waals surface area contributed by atoms with Gasteiger partial charge in [-0.2, -0.15) is 0 Å². The molecule has 2 heteroatoms. The summed E-state index contributed by atoms with van der Waals surface area (Å²) in [6, 6.07) is 0. The highest BCUT2D eigenvalue weighted by Crippen LogP contribution is 2.27. The van der Waals surface area contributed by atoms with Crippen LogP contribution in [0, 0.1) is 11.3 Å². The van der Waals surface area contributed by atoms with Crippen molar-refractivity contribution < 1.29 is 9.53 Å². The van der Waals surface area contributed by atoms with Crippen LogP contribution in [0.25, 0.3) is 0 Å². The normalized spacial score (nSPS) is 12.8. The number of allylic oxidation sites excluding steroid dienone is 3. The lowest BCUT2D eigenvalue weighted by atomic mass is 9.93. The van der Waals surface area contributed by atoms with E-state index in [1.54, 1.807) is 6.08 Å². The fraction of sp³-hybridized carbons (Fsp3) is 0.643. The molecular weight excluding hydrogens is 200 g/mol. The lowest BCUT2D eigenvalue weighted by Gasteiger charge is -2.22. The number of esters is 1. The molecule has 2 nitrogen and oxygen atoms in total. The molecule has 0 atom stereocenters. The van der Waals surface area contributed by atoms with Gasteiger partial charge in [0, 0.05) is 11.8 Å². The molecule has 0 aromatic heterocycles. The Bertz CT molecular complexity index is 267. The first kappa shape index (κ1) is 14.9. The molecule has 0 rings (SSSR count). The van der Waals surface area contributed by atoms with Crippen LogP contribution in [0.5, 0.6) is 0 Å². The summed E-state index contributed by atoms with van der Waals surface area (Å²) < 4.78 is 5.40. The zero-order valence-corrected chi connectivity index (χ0v) is 11.2. The van der Waals surface area contributed by atoms with Crippen LogP contribution in [0.4, 0.5) is 0 Å². The van der Waals surface area contributed by atoms with E-state index in [1.807, 2.05) is 40.7 Å². The van der Waals surface area contributed by atoms with Crippen LogP contribution in [0.1, 0.15) is 47.5 Å². The van der Waals surface area contributed by atoms with Gasteiger partial charge in [0.05, 0.1) is 0 Å². The van der Waals surface area contributed by atoms with E-state index in [4.69, 9.17) is 4.74 Å². The Kier molecular flexibility index (Phi) is 6.09. The van der Waals surface area contributed by atoms with E-state index in [0.29, 0.717) is 12.3 Å². The smallest absolute Gasteiger partial charge is 0.311 e. The van der Waals surface area contributed by atoms with Gasteiger partial charge in [0.25, 0.3) is 0 Å². The average molecular weight is 224 g/mol. The van der Waals surface area contributed by atoms with Gasteiger partial charge < -0.3 is 4.74 Å². The Morgan fingerprint density at radius 2 is 1.94 bits per heavy atom. The number of carbonyl (C=O) groups excluding carboxylic acids is 1. The van der Waals surface area contributed by atoms with Crippen LogP contribution < -0.4 is 0 Å². The summed E-state index contributed by atoms with van der Waals surface area (Å²) in [5.41, 5.74) is -0.143. The second-order valence-corrected chi connectivity index (χ2v) is 5.41. The first-order valence-electron chi connectivity index (χ1n) is 5.79. The molecule has 0 aliphatic carbocycles. The largest absolute Gasteiger partial charge is 0.431 e. The van der Waals surface area contributed by atoms with Crippen molar-refractivity contribution in [3.8, 4) is 0 Å². The number of rotatable bonds is 5. The van der Waals surface area contributed by atoms with Crippen molar-refractivity contribution in [1.82, 2.24) is 0 Å². The van der Waals surface area contributed by atoms with E-state index >= 15 is 0 Å². The molecule has 0 spiro atoms. The van der Waals surface area contributed by atoms with E-state index in [1.165, 1.54) is 0 Å². The van der Waals surface area contributed by atoms with Crippen LogP contribution in [-0.2, 0) is 9.53 Å². The van der Waals surface area contributed by atoms with Crippen LogP contribution >= 0.6 is 0 Å². The molecule has 92 valence electrons. The molecule has 0 N–H and O–H groups in total. The third-order valence-electron chi connectivity index (χ3n) is 2.01. The van der Waals surface area contributed by atoms with E-state index in [0.717, 1.165) is 12.2 Å². The standard InChI is InChI=1S/C14H24O2/c1-7-8-9-12(14(4,5)6)16-13(15)10-11(2)3/h7,9,11H,1,8,10H2,2-6H3. The predicted molar refractivity (Wildman–Crippen MR) is 67.9 cm³/mol. The topological polar surface area (TPSA) is 26.3 Å². The van der Waals surface area contributed by atoms with E-state index in [2.05, 4.69) is 6.58 Å². The lowest BCUT2D eigenvalue weighted by molar-refractivity contribution is -0.141. The molecule has 0 aromatic rings. The highest BCUT2D eigenvalue weighted by atomic mass is 16.5. The lowest BCUT2D eigenvalue weighted by Crippen LogP contribution is -2.17. The number of hydrogen-bond donors (Lipinski definition) is 0. The van der Waals surface area contributed by atoms with E-state index in [-0.39, 0.29) is 11.4 Å². The summed E-state index contributed by atoms with van der Waals surface area (Å²) in [7, 11) is 0. The van der Waals surface area contributed by atoms with E-state index < -0.39 is 0 Å². The second kappa shape index (κ2) is 6.51. The maximum Gasteiger partial charge on any atom is 0.311 e. The third kappa shape index (κ3) is 6.44. The van der Waals surface area contributed by atoms with Gasteiger partial charge in [0.15, 0.2) is 0 Å². The summed E-state index contributed by atoms with van der Waals surface area (Å²) in [6.45, 7) is 13.8. The highest BCUT2D eigenvalue weighted by Gasteiger charge is 2.21. The van der Waals surface area contributed by atoms with Gasteiger partial charge in [-0.1, -0.05) is 40.7 Å². The Balaban J connectivity index is 4.56. The molecule has 0 aromatic carbocycles. The number of carbonyl (C=O) groups is 1. The predicted octanol–water partition coefficient (Wildman–Crippen LogP) is 4.08. The maximum atomic E-state index is 11.6. The summed E-state index contributed by atoms with van der Waals surface area (Å²) in [5, 5.41) is 0. The molecule has 0 amide bonds. The van der Waals surface area contributed by atoms with Crippen LogP contribution in [0.3, 0.4) is 0 Å². The number of ether oxygens (including phenoxy) is 1. The Labute approximate surface area is 99.4 Å². The third-order valence-corrected chi connectivity index (χ3v) is 2.01. The number of hydrogen-bond acceptors (Lipinski definition) is 2. The fourth-order valence-electron chi connectivity index (χ4n) is 1.19. The minimum Gasteiger partial charge on any atom is -0.431 e. The summed E-state index contributed by atoms with van der Waals surface area (Å²) in [6.07, 6.45) is 4.90. The molecule has 0 aliphatic heterocycles. The van der Waals surface area contributed by atoms with Crippen LogP contribution in [0.15, 0.2) is 24.5 Å². The van der Waals surface area contributed by atoms with Crippen molar-refractivity contribution in [2.75, 3.05) is 0 Å². The van der Waals surface area contributed by atoms with E-state index in [9.17, 15) is 4.79 Å². The van der Waals surface area contributed by atoms with Gasteiger partial charge >= 0.3 is 5.97 Å². The molecule has 0 saturated heterocycles. The van der Waals surface area contributed by atoms with Gasteiger partial charge in [-0.3, -0.25) is 4.79 Å². The minimum atomic E-state index is -0.153. The maximum absolute atomic E-state index is 11.6. The van der Waals surface area contributed by atoms with Gasteiger partial charge in [0.1, 0.15) is 5.76 Å². The van der Waals surface area contributed by atoms with Gasteiger partial charge in [-0.15, -0.1) is 6.58 Å². The molecular formula is C14H24O2. The van der Waals surface area contributed by atoms with Gasteiger partial charge in [-0.25, -0.2) is 0 Å². The monoisotopic (exact) mass is 224 g/mol. The molecule has 0 unspecified atom stereocenters. The molecule has 0 saturated carbocycles. The first-order valence-corrected chi connectivity index (χ1v) is 5.79. The SMILES string of the molecule is C=CCC=C(OC(=O)CC(C)C)C(C)(C)C. The van der Waals surface area contributed by atoms with Crippen molar-refractivity contribution in [2.24, 2.45) is 11.3 Å². The Morgan fingerprint density at radius 3 is 2.31 bits per heavy atom. The summed E-state index contributed by atoms with van der Waals surface area (Å²) in [5.74, 6) is 0.909. The van der Waals surface area contributed by atoms with Crippen molar-refractivity contribution >= 4 is 5.97 Å². The fourth-order valence-corrected chi connectivity index (χ4v) is 1.19. The zero-order chi connectivity index (χ0) is 12.8. The van der Waals surface area contributed by atoms with Crippen LogP contribution in [-0.4, -0.2) is 5.97 Å². The molecule has 0 radical (unpaired) electrons. The first-order chi connectivity index (χ1) is 7.27. The molecule has 16 heavy (non-hydrogen) atoms. The second-order valence-electron chi connectivity index (χ2n) is 5.41. The zero-order valence-electron chi connectivity index (χ0n) is 11.2. The molecule has 0 heterocycles. The average Bonchev–Trinajstić information content (AvgIpc) is 2.08. The Hall–Kier alpha value is -1.05. The van der Waals surface area contributed by atoms with Crippen molar-refractivity contribution in [3.05, 3.63) is 24.5 Å². The molecule has 0 fully saturated rings. The summed E-state index contributed by atoms with van der Waals surface area (Å²) >= 11 is 0. The van der Waals surface area contributed by atoms with Crippen molar-refractivity contribution in [1.29, 1.82) is 0 Å². The van der Waals surface area contributed by atoms with Crippen molar-refractivity contribution in [2.45, 2.75) is 47.5 Å². The van der Waals surface area contributed by atoms with Gasteiger partial charge in [0.2, 0.25) is 0 Å². The minimum absolute atomic E-state index is 0.143. The Morgan fingerprint density at radius 1 is 1.38 bits per heavy atom. The summed E-state index contributed by atoms with van der Waals surface area (Å²) in [4.78, 5) is 11.6.